The summed E-state index contributed by atoms with van der Waals surface area (Å²) in [5.41, 5.74) is 3.99. The molecule has 0 saturated heterocycles. The van der Waals surface area contributed by atoms with E-state index in [-0.39, 0.29) is 28.5 Å². The van der Waals surface area contributed by atoms with Gasteiger partial charge in [0.15, 0.2) is 5.69 Å². The Bertz CT molecular complexity index is 1090. The van der Waals surface area contributed by atoms with Gasteiger partial charge in [-0.3, -0.25) is 9.48 Å². The topological polar surface area (TPSA) is 85.8 Å². The molecule has 0 saturated carbocycles. The molecule has 0 radical (unpaired) electrons. The lowest BCUT2D eigenvalue weighted by molar-refractivity contribution is -0.141. The number of amides is 1. The first kappa shape index (κ1) is 21.1. The second kappa shape index (κ2) is 7.35. The van der Waals surface area contributed by atoms with Gasteiger partial charge in [0.2, 0.25) is 0 Å². The first-order valence-electron chi connectivity index (χ1n) is 8.23. The minimum absolute atomic E-state index is 0.0284. The normalized spacial score (nSPS) is 12.1. The summed E-state index contributed by atoms with van der Waals surface area (Å²) in [7, 11) is 1.31. The summed E-state index contributed by atoms with van der Waals surface area (Å²) >= 11 is 0. The van der Waals surface area contributed by atoms with Crippen LogP contribution < -0.4 is 11.1 Å². The highest BCUT2D eigenvalue weighted by Crippen LogP contribution is 2.33. The molecule has 0 bridgehead atoms. The highest BCUT2D eigenvalue weighted by molar-refractivity contribution is 6.04. The van der Waals surface area contributed by atoms with Crippen molar-refractivity contribution < 1.29 is 31.1 Å². The van der Waals surface area contributed by atoms with E-state index in [9.17, 15) is 31.1 Å². The Labute approximate surface area is 165 Å². The minimum Gasteiger partial charge on any atom is -0.383 e. The smallest absolute Gasteiger partial charge is 0.383 e. The zero-order chi connectivity index (χ0) is 22.3. The summed E-state index contributed by atoms with van der Waals surface area (Å²) in [5, 5.41) is 5.76. The number of alkyl halides is 6. The van der Waals surface area contributed by atoms with Gasteiger partial charge in [0.1, 0.15) is 11.6 Å². The Morgan fingerprint density at radius 1 is 1.00 bits per heavy atom. The van der Waals surface area contributed by atoms with Gasteiger partial charge in [-0.15, -0.1) is 0 Å². The first-order chi connectivity index (χ1) is 13.9. The monoisotopic (exact) mass is 429 g/mol. The number of anilines is 2. The van der Waals surface area contributed by atoms with Gasteiger partial charge in [-0.25, -0.2) is 4.98 Å². The van der Waals surface area contributed by atoms with Crippen molar-refractivity contribution in [2.24, 2.45) is 7.05 Å². The van der Waals surface area contributed by atoms with E-state index in [4.69, 9.17) is 5.73 Å². The number of hydrogen-bond donors (Lipinski definition) is 2. The van der Waals surface area contributed by atoms with E-state index in [1.807, 2.05) is 0 Å². The third kappa shape index (κ3) is 4.36. The summed E-state index contributed by atoms with van der Waals surface area (Å²) in [6.45, 7) is 0. The first-order valence-corrected chi connectivity index (χ1v) is 8.23. The van der Waals surface area contributed by atoms with E-state index in [0.29, 0.717) is 0 Å². The zero-order valence-corrected chi connectivity index (χ0v) is 15.1. The van der Waals surface area contributed by atoms with Crippen LogP contribution in [0.25, 0.3) is 11.3 Å². The van der Waals surface area contributed by atoms with Crippen molar-refractivity contribution in [3.63, 3.8) is 0 Å². The Balaban J connectivity index is 1.81. The number of rotatable bonds is 3. The average Bonchev–Trinajstić information content (AvgIpc) is 3.03. The molecule has 3 N–H and O–H groups in total. The van der Waals surface area contributed by atoms with Crippen molar-refractivity contribution in [3.8, 4) is 11.3 Å². The van der Waals surface area contributed by atoms with Crippen LogP contribution in [0.2, 0.25) is 0 Å². The lowest BCUT2D eigenvalue weighted by Gasteiger charge is -2.10. The summed E-state index contributed by atoms with van der Waals surface area (Å²) < 4.78 is 77.2. The van der Waals surface area contributed by atoms with Crippen LogP contribution in [0, 0.1) is 0 Å². The maximum absolute atomic E-state index is 12.8. The Hall–Kier alpha value is -3.57. The van der Waals surface area contributed by atoms with Gasteiger partial charge in [0.25, 0.3) is 5.91 Å². The summed E-state index contributed by atoms with van der Waals surface area (Å²) in [6, 6.07) is 7.00. The highest BCUT2D eigenvalue weighted by atomic mass is 19.4. The van der Waals surface area contributed by atoms with E-state index in [1.54, 1.807) is 0 Å². The van der Waals surface area contributed by atoms with Crippen LogP contribution in [0.15, 0.2) is 42.5 Å². The van der Waals surface area contributed by atoms with Crippen molar-refractivity contribution in [3.05, 3.63) is 59.3 Å². The van der Waals surface area contributed by atoms with Crippen LogP contribution in [-0.2, 0) is 19.4 Å². The van der Waals surface area contributed by atoms with Crippen LogP contribution in [0.5, 0.6) is 0 Å². The van der Waals surface area contributed by atoms with Crippen molar-refractivity contribution in [2.75, 3.05) is 11.1 Å². The average molecular weight is 429 g/mol. The Morgan fingerprint density at radius 2 is 1.63 bits per heavy atom. The van der Waals surface area contributed by atoms with Gasteiger partial charge in [-0.05, 0) is 42.5 Å². The Kier molecular flexibility index (Phi) is 5.18. The quantitative estimate of drug-likeness (QED) is 0.606. The van der Waals surface area contributed by atoms with Crippen LogP contribution in [-0.4, -0.2) is 20.7 Å². The van der Waals surface area contributed by atoms with E-state index < -0.39 is 29.5 Å². The van der Waals surface area contributed by atoms with Crippen LogP contribution in [0.1, 0.15) is 21.6 Å². The molecule has 0 aliphatic rings. The fourth-order valence-electron chi connectivity index (χ4n) is 2.62. The fourth-order valence-corrected chi connectivity index (χ4v) is 2.62. The summed E-state index contributed by atoms with van der Waals surface area (Å²) in [4.78, 5) is 16.1. The van der Waals surface area contributed by atoms with Gasteiger partial charge in [-0.1, -0.05) is 0 Å². The van der Waals surface area contributed by atoms with E-state index in [0.717, 1.165) is 35.0 Å². The SMILES string of the molecule is Cn1nc(C(F)(F)F)cc1-c1ccc(NC(=O)c2ccc(C(F)(F)F)cc2)nc1N. The lowest BCUT2D eigenvalue weighted by atomic mass is 10.1. The lowest BCUT2D eigenvalue weighted by Crippen LogP contribution is -2.14. The Morgan fingerprint density at radius 3 is 2.13 bits per heavy atom. The number of nitrogens with two attached hydrogens (primary N) is 1. The van der Waals surface area contributed by atoms with Crippen molar-refractivity contribution >= 4 is 17.5 Å². The number of nitrogen functional groups attached to an aromatic ring is 1. The number of aromatic nitrogens is 3. The van der Waals surface area contributed by atoms with E-state index in [1.165, 1.54) is 19.2 Å². The van der Waals surface area contributed by atoms with Crippen molar-refractivity contribution in [1.82, 2.24) is 14.8 Å². The van der Waals surface area contributed by atoms with Gasteiger partial charge in [0, 0.05) is 18.2 Å². The van der Waals surface area contributed by atoms with Crippen LogP contribution >= 0.6 is 0 Å². The molecular formula is C18H13F6N5O. The van der Waals surface area contributed by atoms with Crippen LogP contribution in [0.3, 0.4) is 0 Å². The van der Waals surface area contributed by atoms with Gasteiger partial charge in [-0.2, -0.15) is 31.4 Å². The van der Waals surface area contributed by atoms with Crippen LogP contribution in [0.4, 0.5) is 38.0 Å². The van der Waals surface area contributed by atoms with Gasteiger partial charge >= 0.3 is 12.4 Å². The van der Waals surface area contributed by atoms with E-state index in [2.05, 4.69) is 15.4 Å². The molecule has 12 heteroatoms. The molecule has 0 spiro atoms. The zero-order valence-electron chi connectivity index (χ0n) is 15.1. The molecule has 0 unspecified atom stereocenters. The number of nitrogens with one attached hydrogen (secondary N) is 1. The third-order valence-corrected chi connectivity index (χ3v) is 4.09. The molecule has 1 amide bonds. The predicted octanol–water partition coefficient (Wildman–Crippen LogP) is 4.35. The highest BCUT2D eigenvalue weighted by Gasteiger charge is 2.35. The number of halogens is 6. The number of carbonyl (C=O) groups excluding carboxylic acids is 1. The molecule has 2 aromatic heterocycles. The maximum Gasteiger partial charge on any atom is 0.435 e. The molecule has 158 valence electrons. The number of pyridine rings is 1. The van der Waals surface area contributed by atoms with Crippen molar-refractivity contribution in [1.29, 1.82) is 0 Å². The molecule has 0 fully saturated rings. The molecule has 3 rings (SSSR count). The van der Waals surface area contributed by atoms with Gasteiger partial charge in [0.05, 0.1) is 11.3 Å². The van der Waals surface area contributed by atoms with Crippen molar-refractivity contribution in [2.45, 2.75) is 12.4 Å². The largest absolute Gasteiger partial charge is 0.435 e. The second-order valence-electron chi connectivity index (χ2n) is 6.19. The maximum atomic E-state index is 12.8. The number of aryl methyl sites for hydroxylation is 1. The fraction of sp³-hybridized carbons (Fsp3) is 0.167. The standard InChI is InChI=1S/C18H13F6N5O/c1-29-12(8-13(28-29)18(22,23)24)11-6-7-14(26-15(11)25)27-16(30)9-2-4-10(5-3-9)17(19,20)21/h2-8H,1H3,(H3,25,26,27,30). The molecule has 1 aromatic carbocycles. The van der Waals surface area contributed by atoms with Gasteiger partial charge < -0.3 is 11.1 Å². The molecule has 6 nitrogen and oxygen atoms in total. The molecule has 0 atom stereocenters. The number of carbonyl (C=O) groups is 1. The molecule has 0 aliphatic carbocycles. The summed E-state index contributed by atoms with van der Waals surface area (Å²) in [5.74, 6) is -0.931. The molecule has 30 heavy (non-hydrogen) atoms. The third-order valence-electron chi connectivity index (χ3n) is 4.09. The molecular weight excluding hydrogens is 416 g/mol. The number of benzene rings is 1. The molecule has 3 aromatic rings. The molecule has 2 heterocycles. The number of nitrogens with zero attached hydrogens (tertiary/aromatic N) is 3. The van der Waals surface area contributed by atoms with E-state index >= 15 is 0 Å². The molecule has 0 aliphatic heterocycles. The predicted molar refractivity (Wildman–Crippen MR) is 95.3 cm³/mol. The minimum atomic E-state index is -4.63. The second-order valence-corrected chi connectivity index (χ2v) is 6.19. The summed E-state index contributed by atoms with van der Waals surface area (Å²) in [6.07, 6.45) is -9.16. The number of hydrogen-bond acceptors (Lipinski definition) is 4.